The summed E-state index contributed by atoms with van der Waals surface area (Å²) in [4.78, 5) is 20.3. The lowest BCUT2D eigenvalue weighted by Crippen LogP contribution is -2.15. The number of aromatic nitrogens is 4. The Labute approximate surface area is 115 Å². The second-order valence-corrected chi connectivity index (χ2v) is 5.62. The fourth-order valence-electron chi connectivity index (χ4n) is 2.71. The first-order chi connectivity index (χ1) is 9.72. The van der Waals surface area contributed by atoms with Crippen LogP contribution >= 0.6 is 0 Å². The van der Waals surface area contributed by atoms with Crippen molar-refractivity contribution in [2.24, 2.45) is 24.8 Å². The molecule has 2 saturated carbocycles. The van der Waals surface area contributed by atoms with Gasteiger partial charge >= 0.3 is 6.01 Å². The maximum Gasteiger partial charge on any atom is 0.328 e. The molecule has 0 unspecified atom stereocenters. The fourth-order valence-corrected chi connectivity index (χ4v) is 2.71. The smallest absolute Gasteiger partial charge is 0.328 e. The molecule has 0 aromatic carbocycles. The monoisotopic (exact) mass is 273 g/mol. The third-order valence-corrected chi connectivity index (χ3v) is 4.08. The number of aryl methyl sites for hydroxylation is 1. The number of hydrogen-bond acceptors (Lipinski definition) is 5. The van der Waals surface area contributed by atoms with Gasteiger partial charge in [-0.05, 0) is 31.1 Å². The number of carbonyl (C=O) groups excluding carboxylic acids is 1. The molecule has 0 aliphatic heterocycles. The van der Waals surface area contributed by atoms with Crippen LogP contribution in [0.4, 0.5) is 6.01 Å². The van der Waals surface area contributed by atoms with Crippen LogP contribution in [0.3, 0.4) is 0 Å². The number of amides is 1. The number of carbonyl (C=O) groups is 1. The van der Waals surface area contributed by atoms with Gasteiger partial charge in [0.05, 0.1) is 0 Å². The first-order valence-electron chi connectivity index (χ1n) is 6.84. The van der Waals surface area contributed by atoms with E-state index in [-0.39, 0.29) is 17.8 Å². The van der Waals surface area contributed by atoms with Gasteiger partial charge in [-0.2, -0.15) is 4.98 Å². The van der Waals surface area contributed by atoms with Crippen LogP contribution in [0.15, 0.2) is 16.9 Å². The summed E-state index contributed by atoms with van der Waals surface area (Å²) in [6, 6.07) is 0.148. The summed E-state index contributed by atoms with van der Waals surface area (Å²) >= 11 is 0. The molecule has 0 bridgehead atoms. The molecule has 104 valence electrons. The average molecular weight is 273 g/mol. The van der Waals surface area contributed by atoms with Gasteiger partial charge in [-0.15, -0.1) is 0 Å². The van der Waals surface area contributed by atoms with Crippen molar-refractivity contribution in [3.8, 4) is 11.6 Å². The third-order valence-electron chi connectivity index (χ3n) is 4.08. The summed E-state index contributed by atoms with van der Waals surface area (Å²) in [5.41, 5.74) is 0. The van der Waals surface area contributed by atoms with E-state index in [0.717, 1.165) is 12.3 Å². The lowest BCUT2D eigenvalue weighted by Gasteiger charge is -1.98. The molecule has 0 radical (unpaired) electrons. The Bertz CT molecular complexity index is 657. The molecule has 20 heavy (non-hydrogen) atoms. The lowest BCUT2D eigenvalue weighted by atomic mass is 10.2. The zero-order chi connectivity index (χ0) is 13.7. The van der Waals surface area contributed by atoms with Crippen LogP contribution in [-0.2, 0) is 11.8 Å². The van der Waals surface area contributed by atoms with Crippen LogP contribution < -0.4 is 5.32 Å². The van der Waals surface area contributed by atoms with E-state index in [1.165, 1.54) is 12.8 Å². The Kier molecular flexibility index (Phi) is 2.42. The van der Waals surface area contributed by atoms with E-state index in [1.54, 1.807) is 17.0 Å². The molecule has 4 rings (SSSR count). The number of hydrogen-bond donors (Lipinski definition) is 1. The number of nitrogens with zero attached hydrogens (tertiary/aromatic N) is 4. The Morgan fingerprint density at radius 3 is 3.05 bits per heavy atom. The topological polar surface area (TPSA) is 85.8 Å². The number of anilines is 1. The molecule has 1 N–H and O–H groups in total. The van der Waals surface area contributed by atoms with Crippen LogP contribution in [0.25, 0.3) is 11.6 Å². The summed E-state index contributed by atoms with van der Waals surface area (Å²) in [6.45, 7) is 0. The molecule has 0 spiro atoms. The lowest BCUT2D eigenvalue weighted by molar-refractivity contribution is -0.117. The molecule has 2 atom stereocenters. The highest BCUT2D eigenvalue weighted by Gasteiger charge is 2.51. The normalized spacial score (nSPS) is 24.6. The van der Waals surface area contributed by atoms with E-state index < -0.39 is 0 Å². The quantitative estimate of drug-likeness (QED) is 0.911. The number of imidazole rings is 1. The highest BCUT2D eigenvalue weighted by Crippen LogP contribution is 2.54. The van der Waals surface area contributed by atoms with Crippen LogP contribution in [-0.4, -0.2) is 25.6 Å². The van der Waals surface area contributed by atoms with Crippen LogP contribution in [0.2, 0.25) is 0 Å². The summed E-state index contributed by atoms with van der Waals surface area (Å²) in [5.74, 6) is 2.46. The van der Waals surface area contributed by atoms with Gasteiger partial charge in [-0.25, -0.2) is 4.98 Å². The van der Waals surface area contributed by atoms with E-state index in [2.05, 4.69) is 20.4 Å². The minimum Gasteiger partial charge on any atom is -0.331 e. The predicted octanol–water partition coefficient (Wildman–Crippen LogP) is 1.45. The third kappa shape index (κ3) is 1.99. The van der Waals surface area contributed by atoms with Gasteiger partial charge in [0.15, 0.2) is 5.82 Å². The molecule has 0 saturated heterocycles. The van der Waals surface area contributed by atoms with Crippen molar-refractivity contribution in [3.05, 3.63) is 12.4 Å². The Hall–Kier alpha value is -2.18. The van der Waals surface area contributed by atoms with Gasteiger partial charge in [0.1, 0.15) is 0 Å². The molecule has 7 heteroatoms. The highest BCUT2D eigenvalue weighted by atomic mass is 16.5. The van der Waals surface area contributed by atoms with Crippen molar-refractivity contribution in [1.29, 1.82) is 0 Å². The van der Waals surface area contributed by atoms with E-state index in [4.69, 9.17) is 4.52 Å². The average Bonchev–Trinajstić information content (AvgIpc) is 3.31. The van der Waals surface area contributed by atoms with Gasteiger partial charge in [0.2, 0.25) is 11.7 Å². The summed E-state index contributed by atoms with van der Waals surface area (Å²) < 4.78 is 6.85. The highest BCUT2D eigenvalue weighted by molar-refractivity contribution is 5.92. The summed E-state index contributed by atoms with van der Waals surface area (Å²) in [6.07, 6.45) is 7.01. The van der Waals surface area contributed by atoms with E-state index >= 15 is 0 Å². The van der Waals surface area contributed by atoms with Crippen LogP contribution in [0.5, 0.6) is 0 Å². The van der Waals surface area contributed by atoms with Crippen molar-refractivity contribution in [3.63, 3.8) is 0 Å². The van der Waals surface area contributed by atoms with Gasteiger partial charge in [0, 0.05) is 25.4 Å². The summed E-state index contributed by atoms with van der Waals surface area (Å²) in [5, 5.41) is 6.54. The fraction of sp³-hybridized carbons (Fsp3) is 0.538. The van der Waals surface area contributed by atoms with Gasteiger partial charge < -0.3 is 9.09 Å². The molecular formula is C13H15N5O2. The molecule has 2 aromatic rings. The molecule has 2 aliphatic carbocycles. The maximum atomic E-state index is 12.0. The number of rotatable bonds is 4. The maximum absolute atomic E-state index is 12.0. The predicted molar refractivity (Wildman–Crippen MR) is 69.5 cm³/mol. The molecule has 2 aliphatic rings. The second kappa shape index (κ2) is 4.16. The molecule has 2 heterocycles. The van der Waals surface area contributed by atoms with E-state index in [1.807, 2.05) is 7.05 Å². The molecule has 1 amide bonds. The molecule has 7 nitrogen and oxygen atoms in total. The van der Waals surface area contributed by atoms with Gasteiger partial charge in [-0.1, -0.05) is 5.16 Å². The van der Waals surface area contributed by atoms with E-state index in [0.29, 0.717) is 17.6 Å². The standard InChI is InChI=1S/C13H15N5O2/c1-18-5-4-14-11(18)10-15-13(20-17-10)16-12(19)9-6-8(9)7-2-3-7/h4-5,7-9H,2-3,6H2,1H3,(H,15,16,17,19)/t8-,9-/m0/s1. The zero-order valence-corrected chi connectivity index (χ0v) is 11.1. The van der Waals surface area contributed by atoms with Crippen LogP contribution in [0, 0.1) is 17.8 Å². The largest absolute Gasteiger partial charge is 0.331 e. The van der Waals surface area contributed by atoms with Crippen molar-refractivity contribution < 1.29 is 9.32 Å². The van der Waals surface area contributed by atoms with Crippen LogP contribution in [0.1, 0.15) is 19.3 Å². The van der Waals surface area contributed by atoms with Crippen molar-refractivity contribution in [2.75, 3.05) is 5.32 Å². The van der Waals surface area contributed by atoms with Crippen molar-refractivity contribution in [1.82, 2.24) is 19.7 Å². The first-order valence-corrected chi connectivity index (χ1v) is 6.84. The number of nitrogens with one attached hydrogen (secondary N) is 1. The van der Waals surface area contributed by atoms with Crippen molar-refractivity contribution in [2.45, 2.75) is 19.3 Å². The van der Waals surface area contributed by atoms with Gasteiger partial charge in [-0.3, -0.25) is 10.1 Å². The first kappa shape index (κ1) is 11.6. The van der Waals surface area contributed by atoms with Gasteiger partial charge in [0.25, 0.3) is 0 Å². The summed E-state index contributed by atoms with van der Waals surface area (Å²) in [7, 11) is 1.85. The zero-order valence-electron chi connectivity index (χ0n) is 11.1. The minimum atomic E-state index is -0.00283. The van der Waals surface area contributed by atoms with E-state index in [9.17, 15) is 4.79 Å². The van der Waals surface area contributed by atoms with Crippen molar-refractivity contribution >= 4 is 11.9 Å². The Morgan fingerprint density at radius 1 is 1.50 bits per heavy atom. The molecule has 2 aromatic heterocycles. The molecule has 2 fully saturated rings. The molecular weight excluding hydrogens is 258 g/mol. The Balaban J connectivity index is 1.43. The SMILES string of the molecule is Cn1ccnc1-c1noc(NC(=O)[C@H]2C[C@H]2C2CC2)n1. The second-order valence-electron chi connectivity index (χ2n) is 5.62. The minimum absolute atomic E-state index is 0.00283. The Morgan fingerprint density at radius 2 is 2.35 bits per heavy atom.